The summed E-state index contributed by atoms with van der Waals surface area (Å²) in [4.78, 5) is 0.691. The number of nitrogens with zero attached hydrogens (tertiary/aromatic N) is 1. The fourth-order valence-electron chi connectivity index (χ4n) is 0.565. The first kappa shape index (κ1) is 12.1. The van der Waals surface area contributed by atoms with Crippen LogP contribution in [0.15, 0.2) is 11.8 Å². The topological polar surface area (TPSA) is 3.24 Å². The summed E-state index contributed by atoms with van der Waals surface area (Å²) in [6.45, 7) is 0. The lowest BCUT2D eigenvalue weighted by molar-refractivity contribution is -0.173. The minimum absolute atomic E-state index is 0. The predicted octanol–water partition coefficient (Wildman–Crippen LogP) is 2.56. The minimum Gasteiger partial charge on any atom is -0.383 e. The van der Waals surface area contributed by atoms with Crippen LogP contribution in [-0.2, 0) is 0 Å². The van der Waals surface area contributed by atoms with Crippen LogP contribution in [0.5, 0.6) is 0 Å². The second kappa shape index (κ2) is 3.47. The molecule has 0 spiro atoms. The van der Waals surface area contributed by atoms with Gasteiger partial charge in [-0.15, -0.1) is 0 Å². The van der Waals surface area contributed by atoms with Gasteiger partial charge in [-0.2, -0.15) is 26.3 Å². The predicted molar refractivity (Wildman–Crippen MR) is 33.9 cm³/mol. The van der Waals surface area contributed by atoms with Gasteiger partial charge in [-0.3, -0.25) is 0 Å². The molecule has 0 fully saturated rings. The number of allylic oxidation sites excluding steroid dienone is 1. The molecule has 1 nitrogen and oxygen atoms in total. The molecule has 0 aromatic rings. The van der Waals surface area contributed by atoms with Gasteiger partial charge in [0, 0.05) is 20.3 Å². The van der Waals surface area contributed by atoms with Crippen molar-refractivity contribution in [2.75, 3.05) is 14.1 Å². The molecule has 0 rings (SSSR count). The third kappa shape index (κ3) is 4.05. The second-order valence-corrected chi connectivity index (χ2v) is 2.50. The fraction of sp³-hybridized carbons (Fsp3) is 0.667. The van der Waals surface area contributed by atoms with E-state index in [1.165, 1.54) is 0 Å². The van der Waals surface area contributed by atoms with Crippen molar-refractivity contribution in [1.82, 2.24) is 4.90 Å². The molecule has 78 valence electrons. The molecular formula is C6H7F6N. The second-order valence-electron chi connectivity index (χ2n) is 2.50. The lowest BCUT2D eigenvalue weighted by Gasteiger charge is -2.17. The monoisotopic (exact) mass is 207 g/mol. The van der Waals surface area contributed by atoms with E-state index in [1.807, 2.05) is 0 Å². The van der Waals surface area contributed by atoms with Crippen molar-refractivity contribution in [2.45, 2.75) is 12.4 Å². The average Bonchev–Trinajstić information content (AvgIpc) is 1.77. The summed E-state index contributed by atoms with van der Waals surface area (Å²) in [5.41, 5.74) is -2.51. The molecule has 0 radical (unpaired) electrons. The molecule has 0 aromatic carbocycles. The van der Waals surface area contributed by atoms with Gasteiger partial charge in [0.15, 0.2) is 5.57 Å². The van der Waals surface area contributed by atoms with Crippen LogP contribution in [0.25, 0.3) is 0 Å². The Balaban J connectivity index is 5.01. The van der Waals surface area contributed by atoms with Crippen molar-refractivity contribution in [3.8, 4) is 0 Å². The van der Waals surface area contributed by atoms with Crippen molar-refractivity contribution < 1.29 is 26.3 Å². The van der Waals surface area contributed by atoms with Gasteiger partial charge >= 0.3 is 12.4 Å². The zero-order valence-electron chi connectivity index (χ0n) is 6.79. The molecule has 0 saturated heterocycles. The van der Waals surface area contributed by atoms with Crippen LogP contribution < -0.4 is 0 Å². The van der Waals surface area contributed by atoms with Crippen LogP contribution in [0.1, 0.15) is 0 Å². The van der Waals surface area contributed by atoms with E-state index in [1.54, 1.807) is 0 Å². The van der Waals surface area contributed by atoms with Crippen molar-refractivity contribution in [1.29, 1.82) is 0 Å². The zero-order chi connectivity index (χ0) is 10.9. The molecule has 13 heavy (non-hydrogen) atoms. The molecule has 0 aliphatic rings. The number of alkyl halides is 6. The molecular weight excluding hydrogens is 200 g/mol. The molecule has 0 amide bonds. The Morgan fingerprint density at radius 1 is 0.923 bits per heavy atom. The van der Waals surface area contributed by atoms with Gasteiger partial charge < -0.3 is 4.90 Å². The summed E-state index contributed by atoms with van der Waals surface area (Å²) in [7, 11) is 2.16. The maximum Gasteiger partial charge on any atom is 0.422 e. The summed E-state index contributed by atoms with van der Waals surface area (Å²) in [5, 5.41) is 0. The molecule has 0 unspecified atom stereocenters. The summed E-state index contributed by atoms with van der Waals surface area (Å²) < 4.78 is 70.6. The van der Waals surface area contributed by atoms with Gasteiger partial charge in [0.25, 0.3) is 0 Å². The van der Waals surface area contributed by atoms with E-state index in [-0.39, 0.29) is 6.20 Å². The number of hydrogen-bond donors (Lipinski definition) is 0. The Bertz CT molecular complexity index is 182. The first-order chi connectivity index (χ1) is 5.55. The highest BCUT2D eigenvalue weighted by Gasteiger charge is 2.51. The standard InChI is InChI=1S/C6H7F6N/c1-13(2)3-4(5(7,8)9)6(10,11)12/h3H,1-2H3. The van der Waals surface area contributed by atoms with Gasteiger partial charge in [-0.25, -0.2) is 0 Å². The summed E-state index contributed by atoms with van der Waals surface area (Å²) >= 11 is 0. The normalized spacial score (nSPS) is 12.6. The minimum atomic E-state index is -5.37. The van der Waals surface area contributed by atoms with Crippen molar-refractivity contribution in [2.24, 2.45) is 0 Å². The Kier molecular flexibility index (Phi) is 3.23. The fourth-order valence-corrected chi connectivity index (χ4v) is 0.565. The highest BCUT2D eigenvalue weighted by molar-refractivity contribution is 5.14. The molecule has 0 aromatic heterocycles. The molecule has 0 bridgehead atoms. The number of rotatable bonds is 1. The average molecular weight is 207 g/mol. The van der Waals surface area contributed by atoms with Gasteiger partial charge in [-0.1, -0.05) is 0 Å². The maximum absolute atomic E-state index is 11.8. The summed E-state index contributed by atoms with van der Waals surface area (Å²) in [6, 6.07) is 0. The Morgan fingerprint density at radius 3 is 1.31 bits per heavy atom. The molecule has 0 aliphatic carbocycles. The van der Waals surface area contributed by atoms with Crippen molar-refractivity contribution in [3.63, 3.8) is 0 Å². The lowest BCUT2D eigenvalue weighted by atomic mass is 10.2. The van der Waals surface area contributed by atoms with Gasteiger partial charge in [0.05, 0.1) is 0 Å². The highest BCUT2D eigenvalue weighted by Crippen LogP contribution is 2.38. The van der Waals surface area contributed by atoms with E-state index in [9.17, 15) is 26.3 Å². The molecule has 0 saturated carbocycles. The molecule has 0 N–H and O–H groups in total. The van der Waals surface area contributed by atoms with Crippen LogP contribution in [0.2, 0.25) is 0 Å². The number of hydrogen-bond acceptors (Lipinski definition) is 1. The lowest BCUT2D eigenvalue weighted by Crippen LogP contribution is -2.28. The van der Waals surface area contributed by atoms with E-state index in [4.69, 9.17) is 0 Å². The Labute approximate surface area is 70.6 Å². The van der Waals surface area contributed by atoms with Crippen LogP contribution >= 0.6 is 0 Å². The summed E-state index contributed by atoms with van der Waals surface area (Å²) in [6.07, 6.45) is -10.7. The van der Waals surface area contributed by atoms with Gasteiger partial charge in [0.2, 0.25) is 0 Å². The molecule has 0 aliphatic heterocycles. The van der Waals surface area contributed by atoms with Crippen molar-refractivity contribution in [3.05, 3.63) is 11.8 Å². The van der Waals surface area contributed by atoms with E-state index in [0.29, 0.717) is 4.90 Å². The zero-order valence-corrected chi connectivity index (χ0v) is 6.79. The van der Waals surface area contributed by atoms with E-state index < -0.39 is 17.9 Å². The van der Waals surface area contributed by atoms with Crippen LogP contribution in [-0.4, -0.2) is 31.3 Å². The van der Waals surface area contributed by atoms with Gasteiger partial charge in [0.1, 0.15) is 0 Å². The largest absolute Gasteiger partial charge is 0.422 e. The summed E-state index contributed by atoms with van der Waals surface area (Å²) in [5.74, 6) is 0. The van der Waals surface area contributed by atoms with E-state index in [2.05, 4.69) is 0 Å². The smallest absolute Gasteiger partial charge is 0.383 e. The molecule has 0 heterocycles. The first-order valence-corrected chi connectivity index (χ1v) is 3.08. The third-order valence-corrected chi connectivity index (χ3v) is 0.998. The van der Waals surface area contributed by atoms with Crippen LogP contribution in [0.3, 0.4) is 0 Å². The quantitative estimate of drug-likeness (QED) is 0.597. The molecule has 0 atom stereocenters. The highest BCUT2D eigenvalue weighted by atomic mass is 19.4. The third-order valence-electron chi connectivity index (χ3n) is 0.998. The van der Waals surface area contributed by atoms with Crippen molar-refractivity contribution >= 4 is 0 Å². The Hall–Kier alpha value is -0.880. The van der Waals surface area contributed by atoms with E-state index >= 15 is 0 Å². The SMILES string of the molecule is CN(C)C=C(C(F)(F)F)C(F)(F)F. The molecule has 7 heteroatoms. The Morgan fingerprint density at radius 2 is 1.23 bits per heavy atom. The van der Waals surface area contributed by atoms with E-state index in [0.717, 1.165) is 14.1 Å². The van der Waals surface area contributed by atoms with Gasteiger partial charge in [-0.05, 0) is 0 Å². The van der Waals surface area contributed by atoms with Crippen LogP contribution in [0, 0.1) is 0 Å². The first-order valence-electron chi connectivity index (χ1n) is 3.08. The van der Waals surface area contributed by atoms with Crippen LogP contribution in [0.4, 0.5) is 26.3 Å². The number of halogens is 6. The maximum atomic E-state index is 11.8.